The first-order chi connectivity index (χ1) is 10.9. The van der Waals surface area contributed by atoms with Crippen LogP contribution in [0.25, 0.3) is 11.1 Å². The highest BCUT2D eigenvalue weighted by Crippen LogP contribution is 2.35. The third-order valence-electron chi connectivity index (χ3n) is 4.47. The van der Waals surface area contributed by atoms with Gasteiger partial charge in [0.25, 0.3) is 0 Å². The first-order valence-corrected chi connectivity index (χ1v) is 8.23. The van der Waals surface area contributed by atoms with Crippen LogP contribution in [0.3, 0.4) is 0 Å². The van der Waals surface area contributed by atoms with E-state index in [1.807, 2.05) is 0 Å². The van der Waals surface area contributed by atoms with Gasteiger partial charge in [-0.1, -0.05) is 75.4 Å². The lowest BCUT2D eigenvalue weighted by Gasteiger charge is -2.33. The van der Waals surface area contributed by atoms with Crippen molar-refractivity contribution < 1.29 is 0 Å². The molecule has 0 amide bonds. The van der Waals surface area contributed by atoms with Crippen LogP contribution in [0.1, 0.15) is 32.4 Å². The fraction of sp³-hybridized carbons (Fsp3) is 0.273. The molecule has 118 valence electrons. The van der Waals surface area contributed by atoms with Crippen LogP contribution in [-0.2, 0) is 0 Å². The Morgan fingerprint density at radius 2 is 1.57 bits per heavy atom. The molecule has 1 aliphatic rings. The summed E-state index contributed by atoms with van der Waals surface area (Å²) in [5.74, 6) is 0. The van der Waals surface area contributed by atoms with Crippen LogP contribution >= 0.6 is 0 Å². The van der Waals surface area contributed by atoms with Gasteiger partial charge in [-0.25, -0.2) is 0 Å². The molecule has 0 aliphatic carbocycles. The molecule has 0 radical (unpaired) electrons. The molecule has 1 atom stereocenters. The molecule has 1 unspecified atom stereocenters. The molecular weight excluding hydrogens is 278 g/mol. The molecule has 0 saturated heterocycles. The van der Waals surface area contributed by atoms with Crippen molar-refractivity contribution in [2.45, 2.75) is 26.8 Å². The van der Waals surface area contributed by atoms with E-state index >= 15 is 0 Å². The monoisotopic (exact) mass is 303 g/mol. The number of allylic oxidation sites excluding steroid dienone is 2. The molecule has 1 heteroatoms. The second kappa shape index (κ2) is 6.08. The van der Waals surface area contributed by atoms with Crippen LogP contribution < -0.4 is 0 Å². The lowest BCUT2D eigenvalue weighted by Crippen LogP contribution is -2.23. The predicted molar refractivity (Wildman–Crippen MR) is 99.1 cm³/mol. The minimum Gasteiger partial charge on any atom is -0.370 e. The molecule has 0 saturated carbocycles. The van der Waals surface area contributed by atoms with Crippen LogP contribution in [0.15, 0.2) is 78.5 Å². The summed E-state index contributed by atoms with van der Waals surface area (Å²) in [5.41, 5.74) is 5.44. The Hall–Kier alpha value is -2.28. The first kappa shape index (κ1) is 15.6. The van der Waals surface area contributed by atoms with E-state index in [-0.39, 0.29) is 11.5 Å². The van der Waals surface area contributed by atoms with E-state index in [9.17, 15) is 0 Å². The molecule has 2 aromatic rings. The van der Waals surface area contributed by atoms with Gasteiger partial charge in [0.05, 0.1) is 6.04 Å². The Morgan fingerprint density at radius 1 is 0.870 bits per heavy atom. The summed E-state index contributed by atoms with van der Waals surface area (Å²) in [6, 6.07) is 19.8. The van der Waals surface area contributed by atoms with Crippen LogP contribution in [0.5, 0.6) is 0 Å². The van der Waals surface area contributed by atoms with Crippen LogP contribution in [0.4, 0.5) is 0 Å². The Balaban J connectivity index is 1.98. The summed E-state index contributed by atoms with van der Waals surface area (Å²) in [6.07, 6.45) is 6.82. The summed E-state index contributed by atoms with van der Waals surface area (Å²) in [4.78, 5) is 2.28. The van der Waals surface area contributed by atoms with E-state index in [0.717, 1.165) is 0 Å². The third-order valence-corrected chi connectivity index (χ3v) is 4.47. The second-order valence-electron chi connectivity index (χ2n) is 7.29. The van der Waals surface area contributed by atoms with E-state index < -0.39 is 0 Å². The van der Waals surface area contributed by atoms with E-state index in [0.29, 0.717) is 0 Å². The van der Waals surface area contributed by atoms with Crippen molar-refractivity contribution in [1.29, 1.82) is 0 Å². The maximum atomic E-state index is 2.39. The quantitative estimate of drug-likeness (QED) is 0.675. The highest BCUT2D eigenvalue weighted by Gasteiger charge is 2.22. The van der Waals surface area contributed by atoms with Crippen molar-refractivity contribution in [3.05, 3.63) is 84.1 Å². The summed E-state index contributed by atoms with van der Waals surface area (Å²) < 4.78 is 0. The molecule has 0 bridgehead atoms. The number of rotatable bonds is 2. The smallest absolute Gasteiger partial charge is 0.0723 e. The van der Waals surface area contributed by atoms with Gasteiger partial charge in [-0.05, 0) is 46.0 Å². The fourth-order valence-corrected chi connectivity index (χ4v) is 3.00. The summed E-state index contributed by atoms with van der Waals surface area (Å²) in [6.45, 7) is 6.81. The normalized spacial score (nSPS) is 18.0. The van der Waals surface area contributed by atoms with Crippen molar-refractivity contribution in [2.24, 2.45) is 5.41 Å². The van der Waals surface area contributed by atoms with Crippen LogP contribution in [0, 0.1) is 5.41 Å². The van der Waals surface area contributed by atoms with Gasteiger partial charge in [0.1, 0.15) is 0 Å². The van der Waals surface area contributed by atoms with Gasteiger partial charge >= 0.3 is 0 Å². The van der Waals surface area contributed by atoms with Gasteiger partial charge < -0.3 is 4.90 Å². The topological polar surface area (TPSA) is 3.24 Å². The summed E-state index contributed by atoms with van der Waals surface area (Å²) in [5, 5.41) is 0. The Kier molecular flexibility index (Phi) is 4.12. The standard InChI is InChI=1S/C22H25N/c1-22(2,3)20-13-14-23(4)21(16-20)19-12-8-11-18(15-19)17-9-6-5-7-10-17/h5-16,21H,1-4H3. The predicted octanol–water partition coefficient (Wildman–Crippen LogP) is 5.83. The molecule has 3 rings (SSSR count). The molecule has 1 aliphatic heterocycles. The maximum Gasteiger partial charge on any atom is 0.0723 e. The number of hydrogen-bond donors (Lipinski definition) is 0. The average Bonchev–Trinajstić information content (AvgIpc) is 2.55. The van der Waals surface area contributed by atoms with Gasteiger partial charge in [0, 0.05) is 7.05 Å². The lowest BCUT2D eigenvalue weighted by atomic mass is 9.83. The number of hydrogen-bond acceptors (Lipinski definition) is 1. The second-order valence-corrected chi connectivity index (χ2v) is 7.29. The molecular formula is C22H25N. The Bertz CT molecular complexity index is 732. The highest BCUT2D eigenvalue weighted by molar-refractivity contribution is 5.64. The fourth-order valence-electron chi connectivity index (χ4n) is 3.00. The summed E-state index contributed by atoms with van der Waals surface area (Å²) >= 11 is 0. The third kappa shape index (κ3) is 3.39. The van der Waals surface area contributed by atoms with E-state index in [1.165, 1.54) is 22.3 Å². The minimum absolute atomic E-state index is 0.174. The van der Waals surface area contributed by atoms with Gasteiger partial charge in [0.2, 0.25) is 0 Å². The Morgan fingerprint density at radius 3 is 2.26 bits per heavy atom. The number of benzene rings is 2. The van der Waals surface area contributed by atoms with Gasteiger partial charge in [-0.15, -0.1) is 0 Å². The highest BCUT2D eigenvalue weighted by atomic mass is 15.1. The molecule has 0 aromatic heterocycles. The Labute approximate surface area is 140 Å². The molecule has 2 aromatic carbocycles. The van der Waals surface area contributed by atoms with E-state index in [1.54, 1.807) is 0 Å². The van der Waals surface area contributed by atoms with Gasteiger partial charge in [0.15, 0.2) is 0 Å². The molecule has 1 nitrogen and oxygen atoms in total. The van der Waals surface area contributed by atoms with Crippen molar-refractivity contribution >= 4 is 0 Å². The minimum atomic E-state index is 0.174. The van der Waals surface area contributed by atoms with Crippen molar-refractivity contribution in [1.82, 2.24) is 4.90 Å². The van der Waals surface area contributed by atoms with Gasteiger partial charge in [-0.2, -0.15) is 0 Å². The van der Waals surface area contributed by atoms with E-state index in [2.05, 4.69) is 106 Å². The molecule has 0 fully saturated rings. The van der Waals surface area contributed by atoms with E-state index in [4.69, 9.17) is 0 Å². The van der Waals surface area contributed by atoms with Crippen molar-refractivity contribution in [3.63, 3.8) is 0 Å². The SMILES string of the molecule is CN1C=CC(C(C)(C)C)=CC1c1cccc(-c2ccccc2)c1. The summed E-state index contributed by atoms with van der Waals surface area (Å²) in [7, 11) is 2.15. The zero-order chi connectivity index (χ0) is 16.4. The molecule has 0 N–H and O–H groups in total. The zero-order valence-corrected chi connectivity index (χ0v) is 14.5. The van der Waals surface area contributed by atoms with Crippen molar-refractivity contribution in [2.75, 3.05) is 7.05 Å². The average molecular weight is 303 g/mol. The molecule has 23 heavy (non-hydrogen) atoms. The van der Waals surface area contributed by atoms with Gasteiger partial charge in [-0.3, -0.25) is 0 Å². The largest absolute Gasteiger partial charge is 0.370 e. The first-order valence-electron chi connectivity index (χ1n) is 8.23. The molecule has 0 spiro atoms. The van der Waals surface area contributed by atoms with Crippen molar-refractivity contribution in [3.8, 4) is 11.1 Å². The maximum absolute atomic E-state index is 2.39. The van der Waals surface area contributed by atoms with Crippen LogP contribution in [-0.4, -0.2) is 11.9 Å². The molecule has 1 heterocycles. The number of nitrogens with zero attached hydrogens (tertiary/aromatic N) is 1. The number of likely N-dealkylation sites (N-methyl/N-ethyl adjacent to an activating group) is 1. The van der Waals surface area contributed by atoms with Crippen LogP contribution in [0.2, 0.25) is 0 Å². The lowest BCUT2D eigenvalue weighted by molar-refractivity contribution is 0.375. The zero-order valence-electron chi connectivity index (χ0n) is 14.5.